The number of likely N-dealkylation sites (tertiary alicyclic amines) is 1. The number of aryl methyl sites for hydroxylation is 1. The molecule has 1 fully saturated rings. The maximum Gasteiger partial charge on any atom is 0.257 e. The quantitative estimate of drug-likeness (QED) is 0.686. The van der Waals surface area contributed by atoms with Gasteiger partial charge in [-0.1, -0.05) is 23.7 Å². The number of carbonyl (C=O) groups excluding carboxylic acids is 1. The zero-order chi connectivity index (χ0) is 21.3. The largest absolute Gasteiger partial charge is 0.347 e. The molecule has 1 aliphatic rings. The number of amides is 1. The predicted molar refractivity (Wildman–Crippen MR) is 118 cm³/mol. The van der Waals surface area contributed by atoms with E-state index in [0.29, 0.717) is 23.1 Å². The van der Waals surface area contributed by atoms with Crippen LogP contribution in [0.15, 0.2) is 36.7 Å². The first-order valence-corrected chi connectivity index (χ1v) is 10.4. The number of rotatable bonds is 4. The predicted octanol–water partition coefficient (Wildman–Crippen LogP) is 3.91. The van der Waals surface area contributed by atoms with Crippen molar-refractivity contribution in [2.75, 3.05) is 32.1 Å². The highest BCUT2D eigenvalue weighted by Gasteiger charge is 2.29. The highest BCUT2D eigenvalue weighted by Crippen LogP contribution is 2.35. The standard InChI is InChI=1S/C22H25ClN6O/c1-14-18(12-25-27-14)21(30)29-9-5-7-16(13-29)20-19(11-24-22(26-20)28(2)3)15-6-4-8-17(23)10-15/h4,6,8,10-12,16H,5,7,9,13H2,1-3H3,(H,25,27). The van der Waals surface area contributed by atoms with Crippen molar-refractivity contribution in [3.05, 3.63) is 58.6 Å². The Labute approximate surface area is 181 Å². The summed E-state index contributed by atoms with van der Waals surface area (Å²) in [5.74, 6) is 0.785. The summed E-state index contributed by atoms with van der Waals surface area (Å²) in [4.78, 5) is 26.3. The fraction of sp³-hybridized carbons (Fsp3) is 0.364. The molecule has 0 saturated carbocycles. The van der Waals surface area contributed by atoms with Crippen LogP contribution < -0.4 is 4.90 Å². The normalized spacial score (nSPS) is 16.5. The second-order valence-electron chi connectivity index (χ2n) is 7.87. The van der Waals surface area contributed by atoms with Crippen LogP contribution in [-0.4, -0.2) is 58.2 Å². The van der Waals surface area contributed by atoms with E-state index in [2.05, 4.69) is 15.2 Å². The molecule has 7 nitrogen and oxygen atoms in total. The second kappa shape index (κ2) is 8.44. The average molecular weight is 425 g/mol. The molecule has 0 spiro atoms. The lowest BCUT2D eigenvalue weighted by Gasteiger charge is -2.33. The lowest BCUT2D eigenvalue weighted by molar-refractivity contribution is 0.0705. The number of nitrogens with zero attached hydrogens (tertiary/aromatic N) is 5. The van der Waals surface area contributed by atoms with Gasteiger partial charge in [0.05, 0.1) is 17.5 Å². The Bertz CT molecular complexity index is 1060. The van der Waals surface area contributed by atoms with Gasteiger partial charge in [0.25, 0.3) is 5.91 Å². The summed E-state index contributed by atoms with van der Waals surface area (Å²) in [7, 11) is 3.85. The second-order valence-corrected chi connectivity index (χ2v) is 8.31. The smallest absolute Gasteiger partial charge is 0.257 e. The van der Waals surface area contributed by atoms with Gasteiger partial charge in [-0.25, -0.2) is 9.97 Å². The minimum absolute atomic E-state index is 0.0112. The van der Waals surface area contributed by atoms with Gasteiger partial charge in [-0.15, -0.1) is 0 Å². The molecule has 2 aromatic heterocycles. The van der Waals surface area contributed by atoms with Crippen LogP contribution in [0.4, 0.5) is 5.95 Å². The van der Waals surface area contributed by atoms with Gasteiger partial charge in [0, 0.05) is 55.6 Å². The highest BCUT2D eigenvalue weighted by atomic mass is 35.5. The molecule has 1 aromatic carbocycles. The molecule has 3 aromatic rings. The Morgan fingerprint density at radius 3 is 2.83 bits per heavy atom. The van der Waals surface area contributed by atoms with Crippen LogP contribution >= 0.6 is 11.6 Å². The molecule has 1 atom stereocenters. The number of anilines is 1. The Hall–Kier alpha value is -2.93. The summed E-state index contributed by atoms with van der Waals surface area (Å²) in [6.07, 6.45) is 5.35. The first-order chi connectivity index (χ1) is 14.4. The van der Waals surface area contributed by atoms with Gasteiger partial charge in [0.1, 0.15) is 0 Å². The van der Waals surface area contributed by atoms with Crippen LogP contribution in [0.5, 0.6) is 0 Å². The van der Waals surface area contributed by atoms with Crippen molar-refractivity contribution in [1.29, 1.82) is 0 Å². The molecular weight excluding hydrogens is 400 g/mol. The Morgan fingerprint density at radius 2 is 2.13 bits per heavy atom. The van der Waals surface area contributed by atoms with Crippen LogP contribution in [0.1, 0.15) is 40.5 Å². The number of nitrogens with one attached hydrogen (secondary N) is 1. The van der Waals surface area contributed by atoms with Gasteiger partial charge in [-0.3, -0.25) is 9.89 Å². The molecule has 8 heteroatoms. The summed E-state index contributed by atoms with van der Waals surface area (Å²) >= 11 is 6.24. The third-order valence-corrected chi connectivity index (χ3v) is 5.73. The van der Waals surface area contributed by atoms with E-state index in [0.717, 1.165) is 41.9 Å². The van der Waals surface area contributed by atoms with Gasteiger partial charge in [-0.2, -0.15) is 5.10 Å². The maximum atomic E-state index is 13.0. The van der Waals surface area contributed by atoms with Crippen LogP contribution in [0.3, 0.4) is 0 Å². The number of aromatic nitrogens is 4. The molecule has 0 bridgehead atoms. The number of H-pyrrole nitrogens is 1. The van der Waals surface area contributed by atoms with Crippen molar-refractivity contribution in [3.63, 3.8) is 0 Å². The van der Waals surface area contributed by atoms with Crippen LogP contribution in [-0.2, 0) is 0 Å². The molecule has 1 unspecified atom stereocenters. The zero-order valence-corrected chi connectivity index (χ0v) is 18.1. The molecule has 1 aliphatic heterocycles. The molecule has 0 radical (unpaired) electrons. The number of carbonyl (C=O) groups is 1. The number of hydrogen-bond acceptors (Lipinski definition) is 5. The summed E-state index contributed by atoms with van der Waals surface area (Å²) in [5, 5.41) is 7.52. The molecule has 3 heterocycles. The fourth-order valence-corrected chi connectivity index (χ4v) is 4.10. The van der Waals surface area contributed by atoms with Crippen LogP contribution in [0.25, 0.3) is 11.1 Å². The molecular formula is C22H25ClN6O. The van der Waals surface area contributed by atoms with Gasteiger partial charge in [-0.05, 0) is 37.5 Å². The van der Waals surface area contributed by atoms with Crippen molar-refractivity contribution in [2.24, 2.45) is 0 Å². The third-order valence-electron chi connectivity index (χ3n) is 5.50. The highest BCUT2D eigenvalue weighted by molar-refractivity contribution is 6.30. The molecule has 1 N–H and O–H groups in total. The summed E-state index contributed by atoms with van der Waals surface area (Å²) in [5.41, 5.74) is 4.32. The fourth-order valence-electron chi connectivity index (χ4n) is 3.91. The summed E-state index contributed by atoms with van der Waals surface area (Å²) < 4.78 is 0. The van der Waals surface area contributed by atoms with E-state index in [1.54, 1.807) is 6.20 Å². The SMILES string of the molecule is Cc1[nH]ncc1C(=O)N1CCCC(c2nc(N(C)C)ncc2-c2cccc(Cl)c2)C1. The zero-order valence-electron chi connectivity index (χ0n) is 17.4. The van der Waals surface area contributed by atoms with E-state index < -0.39 is 0 Å². The number of benzene rings is 1. The van der Waals surface area contributed by atoms with Gasteiger partial charge in [0.15, 0.2) is 0 Å². The van der Waals surface area contributed by atoms with Gasteiger partial charge >= 0.3 is 0 Å². The van der Waals surface area contributed by atoms with E-state index in [1.165, 1.54) is 0 Å². The van der Waals surface area contributed by atoms with Gasteiger partial charge < -0.3 is 9.80 Å². The molecule has 30 heavy (non-hydrogen) atoms. The monoisotopic (exact) mass is 424 g/mol. The molecule has 156 valence electrons. The summed E-state index contributed by atoms with van der Waals surface area (Å²) in [6, 6.07) is 7.73. The minimum atomic E-state index is 0.0112. The van der Waals surface area contributed by atoms with Crippen molar-refractivity contribution < 1.29 is 4.79 Å². The van der Waals surface area contributed by atoms with E-state index in [9.17, 15) is 4.79 Å². The number of aromatic amines is 1. The lowest BCUT2D eigenvalue weighted by atomic mass is 9.89. The third kappa shape index (κ3) is 4.03. The molecule has 4 rings (SSSR count). The number of hydrogen-bond donors (Lipinski definition) is 1. The topological polar surface area (TPSA) is 78.0 Å². The molecule has 0 aliphatic carbocycles. The van der Waals surface area contributed by atoms with E-state index in [-0.39, 0.29) is 11.8 Å². The van der Waals surface area contributed by atoms with Crippen LogP contribution in [0.2, 0.25) is 5.02 Å². The Balaban J connectivity index is 1.70. The van der Waals surface area contributed by atoms with E-state index in [1.807, 2.05) is 61.3 Å². The van der Waals surface area contributed by atoms with Crippen molar-refractivity contribution in [1.82, 2.24) is 25.1 Å². The van der Waals surface area contributed by atoms with Crippen molar-refractivity contribution in [2.45, 2.75) is 25.7 Å². The number of piperidine rings is 1. The summed E-state index contributed by atoms with van der Waals surface area (Å²) in [6.45, 7) is 3.21. The first-order valence-electron chi connectivity index (χ1n) is 10.0. The molecule has 1 amide bonds. The van der Waals surface area contributed by atoms with E-state index >= 15 is 0 Å². The van der Waals surface area contributed by atoms with Crippen LogP contribution in [0, 0.1) is 6.92 Å². The molecule has 1 saturated heterocycles. The first kappa shape index (κ1) is 20.3. The van der Waals surface area contributed by atoms with E-state index in [4.69, 9.17) is 16.6 Å². The Morgan fingerprint density at radius 1 is 1.30 bits per heavy atom. The van der Waals surface area contributed by atoms with Gasteiger partial charge in [0.2, 0.25) is 5.95 Å². The Kier molecular flexibility index (Phi) is 5.72. The maximum absolute atomic E-state index is 13.0. The average Bonchev–Trinajstić information content (AvgIpc) is 3.18. The number of halogens is 1. The van der Waals surface area contributed by atoms with Crippen molar-refractivity contribution in [3.8, 4) is 11.1 Å². The minimum Gasteiger partial charge on any atom is -0.347 e. The van der Waals surface area contributed by atoms with Crippen molar-refractivity contribution >= 4 is 23.5 Å². The lowest BCUT2D eigenvalue weighted by Crippen LogP contribution is -2.39.